The second-order valence-corrected chi connectivity index (χ2v) is 13.0. The first kappa shape index (κ1) is 28.2. The van der Waals surface area contributed by atoms with Crippen LogP contribution in [0.3, 0.4) is 0 Å². The number of benzene rings is 2. The Morgan fingerprint density at radius 1 is 0.846 bits per heavy atom. The summed E-state index contributed by atoms with van der Waals surface area (Å²) < 4.78 is 50.7. The van der Waals surface area contributed by atoms with Crippen molar-refractivity contribution < 1.29 is 17.9 Å². The molecule has 0 saturated heterocycles. The number of fused-ring (bicyclic) bond motifs is 1. The van der Waals surface area contributed by atoms with E-state index in [9.17, 15) is 8.78 Å². The summed E-state index contributed by atoms with van der Waals surface area (Å²) in [6.07, 6.45) is 15.7. The van der Waals surface area contributed by atoms with Gasteiger partial charge in [0, 0.05) is 5.56 Å². The molecule has 1 unspecified atom stereocenters. The second kappa shape index (κ2) is 12.1. The molecule has 2 saturated carbocycles. The van der Waals surface area contributed by atoms with Crippen molar-refractivity contribution in [2.45, 2.75) is 109 Å². The van der Waals surface area contributed by atoms with E-state index < -0.39 is 23.0 Å². The molecule has 0 N–H and O–H groups in total. The van der Waals surface area contributed by atoms with Crippen molar-refractivity contribution in [1.29, 1.82) is 0 Å². The van der Waals surface area contributed by atoms with Crippen LogP contribution in [0.15, 0.2) is 35.3 Å². The Morgan fingerprint density at radius 2 is 1.56 bits per heavy atom. The lowest BCUT2D eigenvalue weighted by Gasteiger charge is -2.42. The van der Waals surface area contributed by atoms with Crippen LogP contribution in [0.1, 0.15) is 115 Å². The number of hydrogen-bond acceptors (Lipinski definition) is 2. The van der Waals surface area contributed by atoms with Gasteiger partial charge in [-0.1, -0.05) is 64.0 Å². The van der Waals surface area contributed by atoms with E-state index in [-0.39, 0.29) is 29.2 Å². The summed E-state index contributed by atoms with van der Waals surface area (Å²) in [5.41, 5.74) is 0.602. The molecule has 2 aliphatic carbocycles. The van der Waals surface area contributed by atoms with Crippen molar-refractivity contribution in [2.24, 2.45) is 22.7 Å². The smallest absolute Gasteiger partial charge is 0.222 e. The van der Waals surface area contributed by atoms with Gasteiger partial charge < -0.3 is 4.74 Å². The number of rotatable bonds is 9. The van der Waals surface area contributed by atoms with E-state index >= 15 is 4.39 Å². The maximum absolute atomic E-state index is 15.3. The fourth-order valence-corrected chi connectivity index (χ4v) is 7.25. The third-order valence-corrected chi connectivity index (χ3v) is 9.44. The van der Waals surface area contributed by atoms with Gasteiger partial charge in [-0.2, -0.15) is 0 Å². The minimum Gasteiger partial charge on any atom is -0.475 e. The van der Waals surface area contributed by atoms with Gasteiger partial charge in [0.1, 0.15) is 29.6 Å². The highest BCUT2D eigenvalue weighted by Crippen LogP contribution is 2.48. The number of aliphatic imine (C=N–C) groups is 1. The maximum atomic E-state index is 15.3. The van der Waals surface area contributed by atoms with Crippen LogP contribution >= 0.6 is 0 Å². The number of ether oxygens (including phenoxy) is 1. The highest BCUT2D eigenvalue weighted by Gasteiger charge is 2.36. The Labute approximate surface area is 232 Å². The van der Waals surface area contributed by atoms with Gasteiger partial charge in [0.25, 0.3) is 0 Å². The van der Waals surface area contributed by atoms with Crippen LogP contribution in [0.2, 0.25) is 0 Å². The first-order valence-electron chi connectivity index (χ1n) is 15.3. The van der Waals surface area contributed by atoms with Gasteiger partial charge >= 0.3 is 0 Å². The number of hydrogen-bond donors (Lipinski definition) is 0. The normalized spacial score (nSPS) is 26.2. The zero-order valence-corrected chi connectivity index (χ0v) is 23.9. The summed E-state index contributed by atoms with van der Waals surface area (Å²) in [6.45, 7) is 6.22. The summed E-state index contributed by atoms with van der Waals surface area (Å²) >= 11 is 0. The molecular formula is C34H44F3NO. The molecule has 2 nitrogen and oxygen atoms in total. The first-order chi connectivity index (χ1) is 18.7. The molecule has 2 aromatic rings. The van der Waals surface area contributed by atoms with Crippen molar-refractivity contribution in [3.63, 3.8) is 0 Å². The van der Waals surface area contributed by atoms with Gasteiger partial charge in [0.15, 0.2) is 0 Å². The molecule has 1 heterocycles. The molecule has 39 heavy (non-hydrogen) atoms. The Hall–Kier alpha value is -2.30. The molecule has 3 aliphatic rings. The predicted octanol–water partition coefficient (Wildman–Crippen LogP) is 9.99. The van der Waals surface area contributed by atoms with Crippen LogP contribution in [0.25, 0.3) is 11.1 Å². The lowest BCUT2D eigenvalue weighted by molar-refractivity contribution is 0.113. The SMILES string of the molecule is CCCCCCCC1CC[C@@H]2C[C@H](c3ccc(-c4cc(F)c(C5=NC(C)(C)CO5)c(F)c4)c(F)c3)CC[C@@H]2C1. The quantitative estimate of drug-likeness (QED) is 0.291. The molecule has 2 fully saturated rings. The first-order valence-corrected chi connectivity index (χ1v) is 15.3. The zero-order chi connectivity index (χ0) is 27.6. The highest BCUT2D eigenvalue weighted by atomic mass is 19.1. The molecule has 5 rings (SSSR count). The summed E-state index contributed by atoms with van der Waals surface area (Å²) in [5, 5.41) is 0. The summed E-state index contributed by atoms with van der Waals surface area (Å²) in [7, 11) is 0. The van der Waals surface area contributed by atoms with Crippen LogP contribution < -0.4 is 0 Å². The van der Waals surface area contributed by atoms with E-state index in [0.717, 1.165) is 36.2 Å². The molecule has 0 bridgehead atoms. The van der Waals surface area contributed by atoms with Gasteiger partial charge in [-0.25, -0.2) is 18.2 Å². The van der Waals surface area contributed by atoms with Crippen molar-refractivity contribution in [3.8, 4) is 11.1 Å². The topological polar surface area (TPSA) is 21.6 Å². The number of halogens is 3. The second-order valence-electron chi connectivity index (χ2n) is 13.0. The molecule has 0 spiro atoms. The minimum absolute atomic E-state index is 0.0334. The van der Waals surface area contributed by atoms with Crippen LogP contribution in [0.5, 0.6) is 0 Å². The molecule has 0 aromatic heterocycles. The van der Waals surface area contributed by atoms with E-state index in [1.165, 1.54) is 76.3 Å². The van der Waals surface area contributed by atoms with Crippen molar-refractivity contribution >= 4 is 5.90 Å². The Bertz CT molecular complexity index is 1170. The molecule has 5 heteroatoms. The van der Waals surface area contributed by atoms with Gasteiger partial charge in [0.05, 0.1) is 5.54 Å². The van der Waals surface area contributed by atoms with Crippen LogP contribution in [-0.4, -0.2) is 18.0 Å². The van der Waals surface area contributed by atoms with Gasteiger partial charge in [0.2, 0.25) is 5.90 Å². The number of nitrogens with zero attached hydrogens (tertiary/aromatic N) is 1. The summed E-state index contributed by atoms with van der Waals surface area (Å²) in [4.78, 5) is 4.29. The highest BCUT2D eigenvalue weighted by molar-refractivity contribution is 5.96. The fraction of sp³-hybridized carbons (Fsp3) is 0.618. The lowest BCUT2D eigenvalue weighted by atomic mass is 9.63. The van der Waals surface area contributed by atoms with Crippen LogP contribution in [0, 0.1) is 35.2 Å². The van der Waals surface area contributed by atoms with Crippen molar-refractivity contribution in [2.75, 3.05) is 6.61 Å². The van der Waals surface area contributed by atoms with Gasteiger partial charge in [-0.05, 0) is 98.9 Å². The van der Waals surface area contributed by atoms with E-state index in [1.54, 1.807) is 12.1 Å². The Kier molecular flexibility index (Phi) is 8.73. The molecule has 2 aromatic carbocycles. The average Bonchev–Trinajstić information content (AvgIpc) is 3.26. The Morgan fingerprint density at radius 3 is 2.26 bits per heavy atom. The largest absolute Gasteiger partial charge is 0.475 e. The Balaban J connectivity index is 1.22. The van der Waals surface area contributed by atoms with Crippen molar-refractivity contribution in [3.05, 3.63) is 58.9 Å². The lowest BCUT2D eigenvalue weighted by Crippen LogP contribution is -2.30. The van der Waals surface area contributed by atoms with Gasteiger partial charge in [-0.3, -0.25) is 0 Å². The third kappa shape index (κ3) is 6.55. The molecule has 1 aliphatic heterocycles. The zero-order valence-electron chi connectivity index (χ0n) is 23.9. The van der Waals surface area contributed by atoms with E-state index in [4.69, 9.17) is 4.74 Å². The molecule has 0 radical (unpaired) electrons. The minimum atomic E-state index is -0.792. The predicted molar refractivity (Wildman–Crippen MR) is 153 cm³/mol. The van der Waals surface area contributed by atoms with Crippen LogP contribution in [-0.2, 0) is 4.74 Å². The van der Waals surface area contributed by atoms with E-state index in [0.29, 0.717) is 5.92 Å². The summed E-state index contributed by atoms with van der Waals surface area (Å²) in [6, 6.07) is 7.61. The summed E-state index contributed by atoms with van der Waals surface area (Å²) in [5.74, 6) is 0.772. The van der Waals surface area contributed by atoms with Gasteiger partial charge in [-0.15, -0.1) is 0 Å². The third-order valence-electron chi connectivity index (χ3n) is 9.44. The van der Waals surface area contributed by atoms with E-state index in [2.05, 4.69) is 11.9 Å². The fourth-order valence-electron chi connectivity index (χ4n) is 7.25. The number of unbranched alkanes of at least 4 members (excludes halogenated alkanes) is 4. The standard InChI is InChI=1S/C34H44F3NO/c1-4-5-6-7-8-9-22-10-11-24-17-25(13-12-23(24)16-22)26-14-15-28(29(35)18-26)27-19-30(36)32(31(37)20-27)33-38-34(2,3)21-39-33/h14-15,18-20,22-25H,4-13,16-17,21H2,1-3H3/t22?,23-,24-,25-/m1/s1. The van der Waals surface area contributed by atoms with E-state index in [1.807, 2.05) is 19.9 Å². The molecular weight excluding hydrogens is 495 g/mol. The van der Waals surface area contributed by atoms with Crippen LogP contribution in [0.4, 0.5) is 13.2 Å². The monoisotopic (exact) mass is 539 g/mol. The molecule has 212 valence electrons. The average molecular weight is 540 g/mol. The molecule has 0 amide bonds. The molecule has 4 atom stereocenters. The van der Waals surface area contributed by atoms with Crippen molar-refractivity contribution in [1.82, 2.24) is 0 Å². The maximum Gasteiger partial charge on any atom is 0.222 e.